The van der Waals surface area contributed by atoms with Crippen LogP contribution in [0.1, 0.15) is 30.1 Å². The summed E-state index contributed by atoms with van der Waals surface area (Å²) in [6, 6.07) is 20.2. The monoisotopic (exact) mass is 395 g/mol. The van der Waals surface area contributed by atoms with E-state index in [1.54, 1.807) is 0 Å². The topological polar surface area (TPSA) is 40.6 Å². The molecule has 0 saturated carbocycles. The molecule has 3 rings (SSSR count). The highest BCUT2D eigenvalue weighted by Gasteiger charge is 2.18. The van der Waals surface area contributed by atoms with Gasteiger partial charge in [0.05, 0.1) is 6.54 Å². The smallest absolute Gasteiger partial charge is 0.198 e. The first-order valence-corrected chi connectivity index (χ1v) is 9.27. The molecule has 2 atom stereocenters. The number of benzene rings is 2. The quantitative estimate of drug-likeness (QED) is 0.545. The van der Waals surface area contributed by atoms with Gasteiger partial charge in [-0.15, -0.1) is 0 Å². The molecule has 2 N–H and O–H groups in total. The van der Waals surface area contributed by atoms with Crippen molar-refractivity contribution in [3.63, 3.8) is 0 Å². The summed E-state index contributed by atoms with van der Waals surface area (Å²) >= 11 is 3.55. The molecule has 0 saturated heterocycles. The van der Waals surface area contributed by atoms with E-state index in [9.17, 15) is 0 Å². The molecule has 4 heteroatoms. The minimum Gasteiger partial charge on any atom is -0.467 e. The Labute approximate surface area is 157 Å². The van der Waals surface area contributed by atoms with Gasteiger partial charge in [0.25, 0.3) is 0 Å². The van der Waals surface area contributed by atoms with Crippen LogP contribution in [-0.2, 0) is 0 Å². The van der Waals surface area contributed by atoms with Crippen LogP contribution >= 0.6 is 15.9 Å². The molecule has 0 spiro atoms. The number of allylic oxidation sites excluding steroid dienone is 3. The lowest BCUT2D eigenvalue weighted by Gasteiger charge is -2.30. The summed E-state index contributed by atoms with van der Waals surface area (Å²) in [6.07, 6.45) is 7.99. The molecule has 2 aromatic rings. The van der Waals surface area contributed by atoms with Gasteiger partial charge in [0, 0.05) is 16.3 Å². The Morgan fingerprint density at radius 2 is 1.76 bits per heavy atom. The van der Waals surface area contributed by atoms with E-state index in [0.29, 0.717) is 11.6 Å². The zero-order chi connectivity index (χ0) is 17.5. The van der Waals surface area contributed by atoms with Crippen LogP contribution in [0.2, 0.25) is 0 Å². The van der Waals surface area contributed by atoms with Gasteiger partial charge >= 0.3 is 0 Å². The number of nitrogens with zero attached hydrogens (tertiary/aromatic N) is 1. The second-order valence-corrected chi connectivity index (χ2v) is 7.05. The molecule has 25 heavy (non-hydrogen) atoms. The third-order valence-corrected chi connectivity index (χ3v) is 4.73. The Bertz CT molecular complexity index is 766. The number of rotatable bonds is 6. The summed E-state index contributed by atoms with van der Waals surface area (Å²) in [7, 11) is 0. The summed E-state index contributed by atoms with van der Waals surface area (Å²) in [6.45, 7) is 0.661. The second-order valence-electron chi connectivity index (χ2n) is 6.13. The highest BCUT2D eigenvalue weighted by atomic mass is 79.9. The maximum Gasteiger partial charge on any atom is 0.198 e. The van der Waals surface area contributed by atoms with Gasteiger partial charge in [0.1, 0.15) is 0 Å². The van der Waals surface area contributed by atoms with Crippen LogP contribution in [0.5, 0.6) is 0 Å². The SMILES string of the molecule is [NH-][NH+](CC1=CC(Br)=CCC1)C(N=Cc1ccccc1)c1ccccc1. The molecule has 0 aromatic heterocycles. The van der Waals surface area contributed by atoms with Crippen molar-refractivity contribution < 1.29 is 5.01 Å². The molecule has 0 aliphatic heterocycles. The van der Waals surface area contributed by atoms with E-state index in [4.69, 9.17) is 10.8 Å². The number of aliphatic imine (C=N–C) groups is 1. The van der Waals surface area contributed by atoms with E-state index in [1.165, 1.54) is 5.57 Å². The second kappa shape index (κ2) is 8.90. The maximum absolute atomic E-state index is 8.66. The van der Waals surface area contributed by atoms with Crippen molar-refractivity contribution in [2.45, 2.75) is 19.0 Å². The molecule has 0 radical (unpaired) electrons. The van der Waals surface area contributed by atoms with Crippen LogP contribution < -0.4 is 5.01 Å². The lowest BCUT2D eigenvalue weighted by Crippen LogP contribution is -3.05. The Balaban J connectivity index is 1.81. The molecule has 2 aromatic carbocycles. The lowest BCUT2D eigenvalue weighted by atomic mass is 10.0. The van der Waals surface area contributed by atoms with Crippen molar-refractivity contribution in [1.29, 1.82) is 0 Å². The third kappa shape index (κ3) is 5.23. The van der Waals surface area contributed by atoms with Gasteiger partial charge in [-0.3, -0.25) is 0 Å². The van der Waals surface area contributed by atoms with E-state index in [2.05, 4.69) is 28.1 Å². The highest BCUT2D eigenvalue weighted by molar-refractivity contribution is 9.11. The molecule has 0 amide bonds. The Hall–Kier alpha value is -2.01. The maximum atomic E-state index is 8.66. The largest absolute Gasteiger partial charge is 0.467 e. The van der Waals surface area contributed by atoms with Gasteiger partial charge in [-0.25, -0.2) is 4.99 Å². The highest BCUT2D eigenvalue weighted by Crippen LogP contribution is 2.20. The Kier molecular flexibility index (Phi) is 6.34. The lowest BCUT2D eigenvalue weighted by molar-refractivity contribution is -0.876. The third-order valence-electron chi connectivity index (χ3n) is 4.18. The summed E-state index contributed by atoms with van der Waals surface area (Å²) < 4.78 is 1.12. The molecule has 128 valence electrons. The van der Waals surface area contributed by atoms with Gasteiger partial charge in [0.2, 0.25) is 0 Å². The number of hydrogen-bond donors (Lipinski definition) is 1. The minimum absolute atomic E-state index is 0.244. The van der Waals surface area contributed by atoms with Gasteiger partial charge < -0.3 is 10.9 Å². The predicted molar refractivity (Wildman–Crippen MR) is 108 cm³/mol. The van der Waals surface area contributed by atoms with E-state index in [0.717, 1.165) is 28.5 Å². The van der Waals surface area contributed by atoms with Crippen molar-refractivity contribution >= 4 is 22.1 Å². The fourth-order valence-electron chi connectivity index (χ4n) is 2.91. The van der Waals surface area contributed by atoms with E-state index < -0.39 is 0 Å². The molecule has 2 unspecified atom stereocenters. The fraction of sp³-hybridized carbons (Fsp3) is 0.190. The van der Waals surface area contributed by atoms with Crippen molar-refractivity contribution in [3.8, 4) is 0 Å². The number of quaternary nitrogens is 1. The van der Waals surface area contributed by atoms with E-state index >= 15 is 0 Å². The van der Waals surface area contributed by atoms with Crippen molar-refractivity contribution in [1.82, 2.24) is 0 Å². The van der Waals surface area contributed by atoms with Crippen LogP contribution in [0, 0.1) is 0 Å². The van der Waals surface area contributed by atoms with Crippen molar-refractivity contribution in [3.05, 3.63) is 99.8 Å². The van der Waals surface area contributed by atoms with Crippen LogP contribution in [0.3, 0.4) is 0 Å². The van der Waals surface area contributed by atoms with E-state index in [-0.39, 0.29) is 6.17 Å². The van der Waals surface area contributed by atoms with Crippen LogP contribution in [0.15, 0.2) is 87.9 Å². The van der Waals surface area contributed by atoms with Crippen LogP contribution in [0.4, 0.5) is 0 Å². The summed E-state index contributed by atoms with van der Waals surface area (Å²) in [4.78, 5) is 4.75. The van der Waals surface area contributed by atoms with Gasteiger partial charge in [-0.05, 0) is 30.1 Å². The van der Waals surface area contributed by atoms with Gasteiger partial charge in [-0.1, -0.05) is 82.7 Å². The van der Waals surface area contributed by atoms with E-state index in [1.807, 2.05) is 66.9 Å². The van der Waals surface area contributed by atoms with Crippen molar-refractivity contribution in [2.24, 2.45) is 4.99 Å². The Morgan fingerprint density at radius 1 is 1.08 bits per heavy atom. The molecule has 0 bridgehead atoms. The number of halogens is 1. The molecule has 1 aliphatic carbocycles. The predicted octanol–water partition coefficient (Wildman–Crippen LogP) is 4.66. The standard InChI is InChI=1S/C21H22BrN3/c22-20-13-7-10-18(14-20)16-25(23)21(19-11-5-2-6-12-19)24-15-17-8-3-1-4-9-17/h1-6,8-9,11-15,21,23,25H,7,10,16H2. The van der Waals surface area contributed by atoms with Crippen molar-refractivity contribution in [2.75, 3.05) is 6.54 Å². The molecule has 1 aliphatic rings. The molecular formula is C21H22BrN3. The average Bonchev–Trinajstić information content (AvgIpc) is 2.64. The molecular weight excluding hydrogens is 374 g/mol. The summed E-state index contributed by atoms with van der Waals surface area (Å²) in [5.41, 5.74) is 3.40. The average molecular weight is 396 g/mol. The van der Waals surface area contributed by atoms with Gasteiger partial charge in [-0.2, -0.15) is 0 Å². The molecule has 3 nitrogen and oxygen atoms in total. The summed E-state index contributed by atoms with van der Waals surface area (Å²) in [5.74, 6) is 8.66. The van der Waals surface area contributed by atoms with Crippen LogP contribution in [0.25, 0.3) is 5.84 Å². The first-order valence-electron chi connectivity index (χ1n) is 8.48. The zero-order valence-electron chi connectivity index (χ0n) is 14.0. The fourth-order valence-corrected chi connectivity index (χ4v) is 3.47. The first kappa shape index (κ1) is 17.8. The molecule has 0 heterocycles. The molecule has 0 fully saturated rings. The number of hydrogen-bond acceptors (Lipinski definition) is 1. The zero-order valence-corrected chi connectivity index (χ0v) is 15.6. The van der Waals surface area contributed by atoms with Crippen LogP contribution in [-0.4, -0.2) is 12.8 Å². The normalized spacial score (nSPS) is 17.0. The Morgan fingerprint density at radius 3 is 2.44 bits per heavy atom. The minimum atomic E-state index is -0.244. The first-order chi connectivity index (χ1) is 12.2. The summed E-state index contributed by atoms with van der Waals surface area (Å²) in [5, 5.41) is 0.631. The number of nitrogens with one attached hydrogen (secondary N) is 2. The van der Waals surface area contributed by atoms with Gasteiger partial charge in [0.15, 0.2) is 6.17 Å².